The SMILES string of the molecule is CNCc1ccc(OCOC)c(Br)c1. The molecule has 3 nitrogen and oxygen atoms in total. The van der Waals surface area contributed by atoms with E-state index >= 15 is 0 Å². The lowest BCUT2D eigenvalue weighted by Gasteiger charge is -2.08. The maximum atomic E-state index is 5.33. The van der Waals surface area contributed by atoms with Crippen LogP contribution in [0, 0.1) is 0 Å². The lowest BCUT2D eigenvalue weighted by molar-refractivity contribution is 0.0506. The predicted molar refractivity (Wildman–Crippen MR) is 59.4 cm³/mol. The van der Waals surface area contributed by atoms with Gasteiger partial charge in [-0.05, 0) is 40.7 Å². The summed E-state index contributed by atoms with van der Waals surface area (Å²) in [5.74, 6) is 0.798. The molecule has 1 aromatic carbocycles. The Labute approximate surface area is 92.5 Å². The van der Waals surface area contributed by atoms with E-state index in [0.29, 0.717) is 0 Å². The summed E-state index contributed by atoms with van der Waals surface area (Å²) in [5.41, 5.74) is 1.21. The molecule has 0 spiro atoms. The van der Waals surface area contributed by atoms with Gasteiger partial charge in [0.1, 0.15) is 5.75 Å². The fraction of sp³-hybridized carbons (Fsp3) is 0.400. The van der Waals surface area contributed by atoms with Gasteiger partial charge in [0.15, 0.2) is 6.79 Å². The number of nitrogens with one attached hydrogen (secondary N) is 1. The molecule has 78 valence electrons. The fourth-order valence-electron chi connectivity index (χ4n) is 1.10. The molecular weight excluding hydrogens is 246 g/mol. The second-order valence-electron chi connectivity index (χ2n) is 2.85. The normalized spacial score (nSPS) is 10.2. The Bertz CT molecular complexity index is 291. The third kappa shape index (κ3) is 3.29. The minimum Gasteiger partial charge on any atom is -0.466 e. The Kier molecular flexibility index (Phi) is 4.93. The molecule has 0 heterocycles. The number of rotatable bonds is 5. The molecule has 4 heteroatoms. The van der Waals surface area contributed by atoms with Gasteiger partial charge in [-0.25, -0.2) is 0 Å². The Hall–Kier alpha value is -0.580. The van der Waals surface area contributed by atoms with Crippen LogP contribution in [0.5, 0.6) is 5.75 Å². The van der Waals surface area contributed by atoms with Crippen molar-refractivity contribution in [2.24, 2.45) is 0 Å². The molecule has 0 amide bonds. The first-order valence-corrected chi connectivity index (χ1v) is 5.12. The molecule has 0 aliphatic rings. The van der Waals surface area contributed by atoms with Crippen molar-refractivity contribution in [2.45, 2.75) is 6.54 Å². The van der Waals surface area contributed by atoms with Crippen LogP contribution in [-0.4, -0.2) is 21.0 Å². The molecular formula is C10H14BrNO2. The third-order valence-corrected chi connectivity index (χ3v) is 2.33. The first-order chi connectivity index (χ1) is 6.77. The van der Waals surface area contributed by atoms with Crippen LogP contribution in [0.4, 0.5) is 0 Å². The van der Waals surface area contributed by atoms with E-state index in [1.54, 1.807) is 7.11 Å². The summed E-state index contributed by atoms with van der Waals surface area (Å²) in [6.45, 7) is 1.12. The Balaban J connectivity index is 2.68. The van der Waals surface area contributed by atoms with Crippen LogP contribution in [0.3, 0.4) is 0 Å². The van der Waals surface area contributed by atoms with Crippen molar-refractivity contribution in [3.8, 4) is 5.75 Å². The number of hydrogen-bond donors (Lipinski definition) is 1. The van der Waals surface area contributed by atoms with Crippen LogP contribution in [0.1, 0.15) is 5.56 Å². The molecule has 0 radical (unpaired) electrons. The molecule has 0 atom stereocenters. The summed E-state index contributed by atoms with van der Waals surface area (Å²) in [6.07, 6.45) is 0. The third-order valence-electron chi connectivity index (χ3n) is 1.71. The first-order valence-electron chi connectivity index (χ1n) is 4.32. The summed E-state index contributed by atoms with van der Waals surface area (Å²) in [7, 11) is 3.52. The summed E-state index contributed by atoms with van der Waals surface area (Å²) in [5, 5.41) is 3.09. The Morgan fingerprint density at radius 1 is 1.43 bits per heavy atom. The van der Waals surface area contributed by atoms with E-state index in [-0.39, 0.29) is 6.79 Å². The highest BCUT2D eigenvalue weighted by Gasteiger charge is 2.01. The van der Waals surface area contributed by atoms with Gasteiger partial charge < -0.3 is 14.8 Å². The second-order valence-corrected chi connectivity index (χ2v) is 3.70. The van der Waals surface area contributed by atoms with Gasteiger partial charge in [-0.2, -0.15) is 0 Å². The molecule has 0 aliphatic heterocycles. The largest absolute Gasteiger partial charge is 0.466 e. The van der Waals surface area contributed by atoms with Crippen molar-refractivity contribution < 1.29 is 9.47 Å². The number of ether oxygens (including phenoxy) is 2. The smallest absolute Gasteiger partial charge is 0.188 e. The molecule has 0 fully saturated rings. The number of methoxy groups -OCH3 is 1. The molecule has 0 bridgehead atoms. The molecule has 1 rings (SSSR count). The number of benzene rings is 1. The average Bonchev–Trinajstić information content (AvgIpc) is 2.17. The highest BCUT2D eigenvalue weighted by molar-refractivity contribution is 9.10. The minimum absolute atomic E-state index is 0.268. The van der Waals surface area contributed by atoms with Gasteiger partial charge in [-0.15, -0.1) is 0 Å². The van der Waals surface area contributed by atoms with Crippen LogP contribution in [-0.2, 0) is 11.3 Å². The highest BCUT2D eigenvalue weighted by Crippen LogP contribution is 2.25. The molecule has 0 aliphatic carbocycles. The van der Waals surface area contributed by atoms with Gasteiger partial charge in [0.05, 0.1) is 4.47 Å². The van der Waals surface area contributed by atoms with Crippen molar-refractivity contribution in [3.63, 3.8) is 0 Å². The van der Waals surface area contributed by atoms with Gasteiger partial charge in [-0.3, -0.25) is 0 Å². The van der Waals surface area contributed by atoms with Gasteiger partial charge >= 0.3 is 0 Å². The monoisotopic (exact) mass is 259 g/mol. The zero-order valence-electron chi connectivity index (χ0n) is 8.34. The van der Waals surface area contributed by atoms with Crippen molar-refractivity contribution >= 4 is 15.9 Å². The van der Waals surface area contributed by atoms with Gasteiger partial charge in [0, 0.05) is 13.7 Å². The van der Waals surface area contributed by atoms with Gasteiger partial charge in [-0.1, -0.05) is 6.07 Å². The van der Waals surface area contributed by atoms with Gasteiger partial charge in [0.2, 0.25) is 0 Å². The van der Waals surface area contributed by atoms with Crippen molar-refractivity contribution in [2.75, 3.05) is 21.0 Å². The number of hydrogen-bond acceptors (Lipinski definition) is 3. The van der Waals surface area contributed by atoms with E-state index in [2.05, 4.69) is 21.2 Å². The highest BCUT2D eigenvalue weighted by atomic mass is 79.9. The zero-order valence-corrected chi connectivity index (χ0v) is 9.93. The Morgan fingerprint density at radius 2 is 2.21 bits per heavy atom. The van der Waals surface area contributed by atoms with Crippen LogP contribution in [0.2, 0.25) is 0 Å². The summed E-state index contributed by atoms with van der Waals surface area (Å²) < 4.78 is 11.1. The van der Waals surface area contributed by atoms with Crippen molar-refractivity contribution in [1.29, 1.82) is 0 Å². The average molecular weight is 260 g/mol. The maximum absolute atomic E-state index is 5.33. The molecule has 0 saturated heterocycles. The fourth-order valence-corrected chi connectivity index (χ4v) is 1.64. The summed E-state index contributed by atoms with van der Waals surface area (Å²) in [4.78, 5) is 0. The minimum atomic E-state index is 0.268. The lowest BCUT2D eigenvalue weighted by Crippen LogP contribution is -2.05. The molecule has 1 N–H and O–H groups in total. The molecule has 14 heavy (non-hydrogen) atoms. The zero-order chi connectivity index (χ0) is 10.4. The predicted octanol–water partition coefficient (Wildman–Crippen LogP) is 2.15. The topological polar surface area (TPSA) is 30.5 Å². The van der Waals surface area contributed by atoms with Crippen molar-refractivity contribution in [1.82, 2.24) is 5.32 Å². The second kappa shape index (κ2) is 6.01. The quantitative estimate of drug-likeness (QED) is 0.823. The molecule has 1 aromatic rings. The molecule has 0 saturated carbocycles. The van der Waals surface area contributed by atoms with Gasteiger partial charge in [0.25, 0.3) is 0 Å². The molecule has 0 unspecified atom stereocenters. The maximum Gasteiger partial charge on any atom is 0.188 e. The standard InChI is InChI=1S/C10H14BrNO2/c1-12-6-8-3-4-10(9(11)5-8)14-7-13-2/h3-5,12H,6-7H2,1-2H3. The van der Waals surface area contributed by atoms with E-state index in [1.807, 2.05) is 25.2 Å². The summed E-state index contributed by atoms with van der Waals surface area (Å²) in [6, 6.07) is 5.98. The molecule has 0 aromatic heterocycles. The van der Waals surface area contributed by atoms with E-state index in [1.165, 1.54) is 5.56 Å². The van der Waals surface area contributed by atoms with E-state index in [9.17, 15) is 0 Å². The van der Waals surface area contributed by atoms with Crippen molar-refractivity contribution in [3.05, 3.63) is 28.2 Å². The van der Waals surface area contributed by atoms with E-state index in [4.69, 9.17) is 9.47 Å². The van der Waals surface area contributed by atoms with Crippen LogP contribution < -0.4 is 10.1 Å². The van der Waals surface area contributed by atoms with Crippen LogP contribution in [0.15, 0.2) is 22.7 Å². The van der Waals surface area contributed by atoms with Crippen LogP contribution >= 0.6 is 15.9 Å². The van der Waals surface area contributed by atoms with E-state index < -0.39 is 0 Å². The van der Waals surface area contributed by atoms with E-state index in [0.717, 1.165) is 16.8 Å². The number of halogens is 1. The first kappa shape index (κ1) is 11.5. The summed E-state index contributed by atoms with van der Waals surface area (Å²) >= 11 is 3.44. The lowest BCUT2D eigenvalue weighted by atomic mass is 10.2. The van der Waals surface area contributed by atoms with Crippen LogP contribution in [0.25, 0.3) is 0 Å². The Morgan fingerprint density at radius 3 is 2.79 bits per heavy atom.